The summed E-state index contributed by atoms with van der Waals surface area (Å²) >= 11 is 0. The average Bonchev–Trinajstić information content (AvgIpc) is 2.24. The molecule has 6 heteroatoms. The molecule has 1 rings (SSSR count). The van der Waals surface area contributed by atoms with Crippen LogP contribution in [0, 0.1) is 0 Å². The fraction of sp³-hybridized carbons (Fsp3) is 0.545. The van der Waals surface area contributed by atoms with Crippen LogP contribution in [0.2, 0.25) is 0 Å². The Morgan fingerprint density at radius 2 is 2.06 bits per heavy atom. The number of hydrogen-bond donors (Lipinski definition) is 1. The van der Waals surface area contributed by atoms with Gasteiger partial charge in [-0.1, -0.05) is 0 Å². The standard InChI is InChI=1S/C11H15F3N2O/c1-8(2)16(5-6-17)10-7-9(3-4-15-10)11(12,13)14/h3-4,7-8,17H,5-6H2,1-2H3. The number of halogens is 3. The minimum atomic E-state index is -4.38. The zero-order chi connectivity index (χ0) is 13.1. The second-order valence-corrected chi connectivity index (χ2v) is 3.91. The predicted octanol–water partition coefficient (Wildman–Crippen LogP) is 2.31. The van der Waals surface area contributed by atoms with Crippen molar-refractivity contribution < 1.29 is 18.3 Å². The first-order valence-electron chi connectivity index (χ1n) is 5.27. The van der Waals surface area contributed by atoms with Crippen LogP contribution in [0.1, 0.15) is 19.4 Å². The minimum Gasteiger partial charge on any atom is -0.395 e. The highest BCUT2D eigenvalue weighted by Gasteiger charge is 2.31. The van der Waals surface area contributed by atoms with Gasteiger partial charge < -0.3 is 10.0 Å². The second-order valence-electron chi connectivity index (χ2n) is 3.91. The number of anilines is 1. The van der Waals surface area contributed by atoms with Gasteiger partial charge >= 0.3 is 6.18 Å². The molecule has 0 atom stereocenters. The molecule has 0 bridgehead atoms. The van der Waals surface area contributed by atoms with Crippen molar-refractivity contribution in [1.29, 1.82) is 0 Å². The normalized spacial score (nSPS) is 11.9. The van der Waals surface area contributed by atoms with E-state index in [2.05, 4.69) is 4.98 Å². The molecule has 0 aromatic carbocycles. The summed E-state index contributed by atoms with van der Waals surface area (Å²) in [5.41, 5.74) is -0.730. The van der Waals surface area contributed by atoms with Gasteiger partial charge in [-0.25, -0.2) is 4.98 Å². The van der Waals surface area contributed by atoms with E-state index in [9.17, 15) is 13.2 Å². The summed E-state index contributed by atoms with van der Waals surface area (Å²) in [4.78, 5) is 5.53. The zero-order valence-electron chi connectivity index (χ0n) is 9.70. The molecule has 1 aromatic rings. The molecule has 0 aliphatic carbocycles. The maximum absolute atomic E-state index is 12.5. The van der Waals surface area contributed by atoms with E-state index in [1.165, 1.54) is 0 Å². The summed E-state index contributed by atoms with van der Waals surface area (Å²) in [6.45, 7) is 3.79. The fourth-order valence-electron chi connectivity index (χ4n) is 1.50. The van der Waals surface area contributed by atoms with Gasteiger partial charge in [0.25, 0.3) is 0 Å². The highest BCUT2D eigenvalue weighted by atomic mass is 19.4. The third kappa shape index (κ3) is 3.59. The van der Waals surface area contributed by atoms with Gasteiger partial charge in [0.2, 0.25) is 0 Å². The van der Waals surface area contributed by atoms with E-state index in [4.69, 9.17) is 5.11 Å². The number of pyridine rings is 1. The van der Waals surface area contributed by atoms with E-state index in [1.807, 2.05) is 13.8 Å². The maximum Gasteiger partial charge on any atom is 0.416 e. The summed E-state index contributed by atoms with van der Waals surface area (Å²) in [5.74, 6) is 0.226. The molecule has 0 saturated heterocycles. The molecule has 0 unspecified atom stereocenters. The fourth-order valence-corrected chi connectivity index (χ4v) is 1.50. The third-order valence-corrected chi connectivity index (χ3v) is 2.33. The minimum absolute atomic E-state index is 0.0295. The Hall–Kier alpha value is -1.30. The van der Waals surface area contributed by atoms with E-state index in [0.29, 0.717) is 0 Å². The molecule has 0 saturated carbocycles. The summed E-state index contributed by atoms with van der Waals surface area (Å²) in [5, 5.41) is 8.88. The Kier molecular flexibility index (Phi) is 4.34. The van der Waals surface area contributed by atoms with E-state index in [0.717, 1.165) is 18.3 Å². The van der Waals surface area contributed by atoms with E-state index in [-0.39, 0.29) is 25.0 Å². The van der Waals surface area contributed by atoms with Crippen LogP contribution >= 0.6 is 0 Å². The van der Waals surface area contributed by atoms with Crippen molar-refractivity contribution in [2.45, 2.75) is 26.1 Å². The monoisotopic (exact) mass is 248 g/mol. The Morgan fingerprint density at radius 1 is 1.41 bits per heavy atom. The maximum atomic E-state index is 12.5. The molecule has 0 fully saturated rings. The zero-order valence-corrected chi connectivity index (χ0v) is 9.70. The van der Waals surface area contributed by atoms with Crippen molar-refractivity contribution in [1.82, 2.24) is 4.98 Å². The van der Waals surface area contributed by atoms with Crippen molar-refractivity contribution in [2.24, 2.45) is 0 Å². The van der Waals surface area contributed by atoms with E-state index in [1.54, 1.807) is 4.90 Å². The van der Waals surface area contributed by atoms with Crippen molar-refractivity contribution in [2.75, 3.05) is 18.1 Å². The van der Waals surface area contributed by atoms with Crippen LogP contribution < -0.4 is 4.90 Å². The first-order valence-corrected chi connectivity index (χ1v) is 5.27. The van der Waals surface area contributed by atoms with Gasteiger partial charge in [0.15, 0.2) is 0 Å². The van der Waals surface area contributed by atoms with Crippen molar-refractivity contribution >= 4 is 5.82 Å². The van der Waals surface area contributed by atoms with Crippen LogP contribution in [0.25, 0.3) is 0 Å². The topological polar surface area (TPSA) is 36.4 Å². The van der Waals surface area contributed by atoms with Crippen LogP contribution in [-0.2, 0) is 6.18 Å². The Balaban J connectivity index is 3.04. The number of hydrogen-bond acceptors (Lipinski definition) is 3. The number of alkyl halides is 3. The van der Waals surface area contributed by atoms with Gasteiger partial charge in [0.1, 0.15) is 5.82 Å². The molecular weight excluding hydrogens is 233 g/mol. The van der Waals surface area contributed by atoms with Gasteiger partial charge in [-0.3, -0.25) is 0 Å². The molecule has 3 nitrogen and oxygen atoms in total. The van der Waals surface area contributed by atoms with Crippen LogP contribution in [0.4, 0.5) is 19.0 Å². The van der Waals surface area contributed by atoms with Gasteiger partial charge in [-0.05, 0) is 26.0 Å². The Labute approximate surface area is 97.9 Å². The molecule has 1 N–H and O–H groups in total. The smallest absolute Gasteiger partial charge is 0.395 e. The highest BCUT2D eigenvalue weighted by Crippen LogP contribution is 2.30. The third-order valence-electron chi connectivity index (χ3n) is 2.33. The van der Waals surface area contributed by atoms with Gasteiger partial charge in [-0.2, -0.15) is 13.2 Å². The average molecular weight is 248 g/mol. The quantitative estimate of drug-likeness (QED) is 0.888. The summed E-state index contributed by atoms with van der Waals surface area (Å²) < 4.78 is 37.6. The van der Waals surface area contributed by atoms with Crippen molar-refractivity contribution in [3.05, 3.63) is 23.9 Å². The molecule has 0 spiro atoms. The molecule has 0 aliphatic heterocycles. The molecule has 0 radical (unpaired) electrons. The summed E-state index contributed by atoms with van der Waals surface area (Å²) in [6.07, 6.45) is -3.25. The molecule has 1 heterocycles. The highest BCUT2D eigenvalue weighted by molar-refractivity contribution is 5.42. The number of aliphatic hydroxyl groups is 1. The largest absolute Gasteiger partial charge is 0.416 e. The van der Waals surface area contributed by atoms with E-state index >= 15 is 0 Å². The van der Waals surface area contributed by atoms with Gasteiger partial charge in [-0.15, -0.1) is 0 Å². The molecular formula is C11H15F3N2O. The molecule has 17 heavy (non-hydrogen) atoms. The first kappa shape index (κ1) is 13.8. The lowest BCUT2D eigenvalue weighted by Crippen LogP contribution is -2.34. The summed E-state index contributed by atoms with van der Waals surface area (Å²) in [7, 11) is 0. The number of aliphatic hydroxyl groups excluding tert-OH is 1. The van der Waals surface area contributed by atoms with Crippen LogP contribution in [0.15, 0.2) is 18.3 Å². The van der Waals surface area contributed by atoms with Crippen LogP contribution in [-0.4, -0.2) is 29.3 Å². The Bertz CT molecular complexity index is 366. The number of aromatic nitrogens is 1. The number of nitrogens with zero attached hydrogens (tertiary/aromatic N) is 2. The number of rotatable bonds is 4. The SMILES string of the molecule is CC(C)N(CCO)c1cc(C(F)(F)F)ccn1. The van der Waals surface area contributed by atoms with Crippen molar-refractivity contribution in [3.63, 3.8) is 0 Å². The second kappa shape index (κ2) is 5.35. The molecule has 0 amide bonds. The van der Waals surface area contributed by atoms with Gasteiger partial charge in [0, 0.05) is 18.8 Å². The lowest BCUT2D eigenvalue weighted by atomic mass is 10.2. The predicted molar refractivity (Wildman–Crippen MR) is 58.8 cm³/mol. The molecule has 1 aromatic heterocycles. The molecule has 96 valence electrons. The van der Waals surface area contributed by atoms with Crippen LogP contribution in [0.5, 0.6) is 0 Å². The van der Waals surface area contributed by atoms with Crippen LogP contribution in [0.3, 0.4) is 0 Å². The molecule has 0 aliphatic rings. The lowest BCUT2D eigenvalue weighted by molar-refractivity contribution is -0.137. The first-order chi connectivity index (χ1) is 7.86. The van der Waals surface area contributed by atoms with Gasteiger partial charge in [0.05, 0.1) is 12.2 Å². The lowest BCUT2D eigenvalue weighted by Gasteiger charge is -2.27. The van der Waals surface area contributed by atoms with Crippen molar-refractivity contribution in [3.8, 4) is 0 Å². The Morgan fingerprint density at radius 3 is 2.53 bits per heavy atom. The summed E-state index contributed by atoms with van der Waals surface area (Å²) in [6, 6.07) is 1.90. The van der Waals surface area contributed by atoms with E-state index < -0.39 is 11.7 Å².